The zero-order chi connectivity index (χ0) is 19.4. The molecule has 0 aliphatic carbocycles. The number of amides is 2. The Labute approximate surface area is 166 Å². The fourth-order valence-electron chi connectivity index (χ4n) is 2.82. The van der Waals surface area contributed by atoms with Gasteiger partial charge in [-0.2, -0.15) is 5.26 Å². The molecule has 138 valence electrons. The van der Waals surface area contributed by atoms with Crippen LogP contribution in [-0.4, -0.2) is 17.6 Å². The van der Waals surface area contributed by atoms with Crippen molar-refractivity contribution in [1.82, 2.24) is 5.32 Å². The average Bonchev–Trinajstić information content (AvgIpc) is 3.17. The van der Waals surface area contributed by atoms with Crippen LogP contribution in [0.4, 0.5) is 5.69 Å². The number of nitriles is 1. The first kappa shape index (κ1) is 19.2. The Morgan fingerprint density at radius 2 is 2.19 bits per heavy atom. The van der Waals surface area contributed by atoms with Gasteiger partial charge in [0.15, 0.2) is 0 Å². The molecule has 0 saturated carbocycles. The molecule has 1 aromatic heterocycles. The van der Waals surface area contributed by atoms with Crippen molar-refractivity contribution in [2.45, 2.75) is 26.2 Å². The number of anilines is 1. The molecule has 2 aromatic rings. The zero-order valence-electron chi connectivity index (χ0n) is 15.0. The van der Waals surface area contributed by atoms with E-state index < -0.39 is 0 Å². The molecule has 2 heterocycles. The lowest BCUT2D eigenvalue weighted by molar-refractivity contribution is -0.121. The first-order valence-corrected chi connectivity index (χ1v) is 10.3. The third kappa shape index (κ3) is 4.59. The lowest BCUT2D eigenvalue weighted by Crippen LogP contribution is -2.31. The Hall–Kier alpha value is -2.56. The minimum Gasteiger partial charge on any atom is -0.325 e. The van der Waals surface area contributed by atoms with Crippen LogP contribution in [0, 0.1) is 25.2 Å². The van der Waals surface area contributed by atoms with Crippen molar-refractivity contribution < 1.29 is 9.59 Å². The molecular weight excluding hydrogens is 378 g/mol. The first-order valence-electron chi connectivity index (χ1n) is 8.45. The molecule has 7 heteroatoms. The van der Waals surface area contributed by atoms with Gasteiger partial charge in [0, 0.05) is 22.9 Å². The number of nitrogens with zero attached hydrogens (tertiary/aromatic N) is 1. The van der Waals surface area contributed by atoms with E-state index in [0.717, 1.165) is 21.7 Å². The summed E-state index contributed by atoms with van der Waals surface area (Å²) >= 11 is 2.71. The van der Waals surface area contributed by atoms with E-state index >= 15 is 0 Å². The van der Waals surface area contributed by atoms with E-state index in [0.29, 0.717) is 10.6 Å². The van der Waals surface area contributed by atoms with Crippen molar-refractivity contribution in [2.75, 3.05) is 11.1 Å². The van der Waals surface area contributed by atoms with Gasteiger partial charge in [0.1, 0.15) is 0 Å². The number of hydrogen-bond donors (Lipinski definition) is 2. The largest absolute Gasteiger partial charge is 0.325 e. The number of thioether (sulfide) groups is 1. The summed E-state index contributed by atoms with van der Waals surface area (Å²) in [6.45, 7) is 4.01. The number of rotatable bonds is 5. The van der Waals surface area contributed by atoms with Gasteiger partial charge < -0.3 is 10.6 Å². The highest BCUT2D eigenvalue weighted by atomic mass is 32.2. The van der Waals surface area contributed by atoms with Crippen LogP contribution < -0.4 is 10.6 Å². The highest BCUT2D eigenvalue weighted by Crippen LogP contribution is 2.37. The van der Waals surface area contributed by atoms with Crippen molar-refractivity contribution in [3.05, 3.63) is 62.3 Å². The van der Waals surface area contributed by atoms with E-state index in [1.807, 2.05) is 49.6 Å². The summed E-state index contributed by atoms with van der Waals surface area (Å²) < 4.78 is 0. The zero-order valence-corrected chi connectivity index (χ0v) is 16.7. The maximum atomic E-state index is 12.3. The third-order valence-electron chi connectivity index (χ3n) is 4.38. The molecule has 0 saturated heterocycles. The molecule has 3 rings (SSSR count). The number of nitrogens with one attached hydrogen (secondary N) is 2. The van der Waals surface area contributed by atoms with Crippen LogP contribution in [0.2, 0.25) is 0 Å². The topological polar surface area (TPSA) is 82.0 Å². The molecule has 0 bridgehead atoms. The van der Waals surface area contributed by atoms with Gasteiger partial charge in [-0.25, -0.2) is 0 Å². The maximum Gasteiger partial charge on any atom is 0.234 e. The number of hydrogen-bond acceptors (Lipinski definition) is 5. The van der Waals surface area contributed by atoms with Crippen LogP contribution in [0.1, 0.15) is 28.3 Å². The molecule has 0 spiro atoms. The van der Waals surface area contributed by atoms with Gasteiger partial charge in [-0.3, -0.25) is 9.59 Å². The maximum absolute atomic E-state index is 12.3. The SMILES string of the molecule is Cc1ccc(NC(=O)CSC2=C(C#N)[C@H](c3cccs3)CC(=O)N2)cc1C. The number of aryl methyl sites for hydroxylation is 2. The molecule has 2 amide bonds. The molecule has 0 fully saturated rings. The molecule has 1 aromatic carbocycles. The van der Waals surface area contributed by atoms with Crippen LogP contribution in [0.3, 0.4) is 0 Å². The predicted octanol–water partition coefficient (Wildman–Crippen LogP) is 4.08. The summed E-state index contributed by atoms with van der Waals surface area (Å²) in [5, 5.41) is 17.6. The average molecular weight is 398 g/mol. The molecule has 0 radical (unpaired) electrons. The van der Waals surface area contributed by atoms with E-state index in [9.17, 15) is 14.9 Å². The summed E-state index contributed by atoms with van der Waals surface area (Å²) in [6, 6.07) is 11.8. The minimum atomic E-state index is -0.242. The van der Waals surface area contributed by atoms with Crippen molar-refractivity contribution >= 4 is 40.6 Å². The normalized spacial score (nSPS) is 16.6. The standard InChI is InChI=1S/C20H19N3O2S2/c1-12-5-6-14(8-13(12)2)22-19(25)11-27-20-16(10-21)15(9-18(24)23-20)17-4-3-7-26-17/h3-8,15H,9,11H2,1-2H3,(H,22,25)(H,23,24)/t15-/m1/s1. The fourth-order valence-corrected chi connectivity index (χ4v) is 4.53. The molecule has 5 nitrogen and oxygen atoms in total. The number of carbonyl (C=O) groups is 2. The Morgan fingerprint density at radius 3 is 2.85 bits per heavy atom. The van der Waals surface area contributed by atoms with Gasteiger partial charge in [-0.05, 0) is 48.6 Å². The second kappa shape index (κ2) is 8.42. The summed E-state index contributed by atoms with van der Waals surface area (Å²) in [5.41, 5.74) is 3.52. The van der Waals surface area contributed by atoms with Crippen LogP contribution in [-0.2, 0) is 9.59 Å². The summed E-state index contributed by atoms with van der Waals surface area (Å²) in [5.74, 6) is -0.440. The quantitative estimate of drug-likeness (QED) is 0.797. The van der Waals surface area contributed by atoms with Crippen LogP contribution in [0.15, 0.2) is 46.3 Å². The second-order valence-corrected chi connectivity index (χ2v) is 8.28. The Bertz CT molecular complexity index is 943. The monoisotopic (exact) mass is 397 g/mol. The van der Waals surface area contributed by atoms with Crippen molar-refractivity contribution in [2.24, 2.45) is 0 Å². The lowest BCUT2D eigenvalue weighted by atomic mass is 9.93. The highest BCUT2D eigenvalue weighted by molar-refractivity contribution is 8.03. The molecule has 1 aliphatic heterocycles. The van der Waals surface area contributed by atoms with Crippen LogP contribution in [0.25, 0.3) is 0 Å². The molecule has 27 heavy (non-hydrogen) atoms. The summed E-state index contributed by atoms with van der Waals surface area (Å²) in [7, 11) is 0. The molecular formula is C20H19N3O2S2. The van der Waals surface area contributed by atoms with Crippen molar-refractivity contribution in [3.8, 4) is 6.07 Å². The van der Waals surface area contributed by atoms with E-state index in [4.69, 9.17) is 0 Å². The van der Waals surface area contributed by atoms with Crippen molar-refractivity contribution in [1.29, 1.82) is 5.26 Å². The Balaban J connectivity index is 1.71. The van der Waals surface area contributed by atoms with Crippen LogP contribution >= 0.6 is 23.1 Å². The third-order valence-corrected chi connectivity index (χ3v) is 6.38. The van der Waals surface area contributed by atoms with Gasteiger partial charge in [0.2, 0.25) is 11.8 Å². The first-order chi connectivity index (χ1) is 13.0. The van der Waals surface area contributed by atoms with Gasteiger partial charge in [-0.1, -0.05) is 23.9 Å². The van der Waals surface area contributed by atoms with E-state index in [2.05, 4.69) is 16.7 Å². The molecule has 0 unspecified atom stereocenters. The second-order valence-electron chi connectivity index (χ2n) is 6.31. The number of allylic oxidation sites excluding steroid dienone is 1. The van der Waals surface area contributed by atoms with Gasteiger partial charge in [0.25, 0.3) is 0 Å². The summed E-state index contributed by atoms with van der Waals surface area (Å²) in [4.78, 5) is 25.4. The van der Waals surface area contributed by atoms with Crippen molar-refractivity contribution in [3.63, 3.8) is 0 Å². The fraction of sp³-hybridized carbons (Fsp3) is 0.250. The Morgan fingerprint density at radius 1 is 1.37 bits per heavy atom. The molecule has 1 aliphatic rings. The molecule has 2 N–H and O–H groups in total. The Kier molecular flexibility index (Phi) is 5.99. The van der Waals surface area contributed by atoms with Gasteiger partial charge in [-0.15, -0.1) is 11.3 Å². The smallest absolute Gasteiger partial charge is 0.234 e. The van der Waals surface area contributed by atoms with Gasteiger partial charge in [0.05, 0.1) is 22.4 Å². The number of carbonyl (C=O) groups excluding carboxylic acids is 2. The molecule has 1 atom stereocenters. The minimum absolute atomic E-state index is 0.116. The predicted molar refractivity (Wildman–Crippen MR) is 109 cm³/mol. The van der Waals surface area contributed by atoms with Crippen LogP contribution in [0.5, 0.6) is 0 Å². The number of thiophene rings is 1. The van der Waals surface area contributed by atoms with E-state index in [1.165, 1.54) is 23.1 Å². The van der Waals surface area contributed by atoms with E-state index in [1.54, 1.807) is 0 Å². The highest BCUT2D eigenvalue weighted by Gasteiger charge is 2.30. The number of benzene rings is 1. The summed E-state index contributed by atoms with van der Waals surface area (Å²) in [6.07, 6.45) is 0.252. The van der Waals surface area contributed by atoms with Gasteiger partial charge >= 0.3 is 0 Å². The lowest BCUT2D eigenvalue weighted by Gasteiger charge is -2.23. The van der Waals surface area contributed by atoms with E-state index in [-0.39, 0.29) is 29.9 Å².